The fourth-order valence-corrected chi connectivity index (χ4v) is 1.79. The quantitative estimate of drug-likeness (QED) is 0.433. The van der Waals surface area contributed by atoms with Crippen LogP contribution in [-0.4, -0.2) is 54.7 Å². The predicted molar refractivity (Wildman–Crippen MR) is 65.2 cm³/mol. The van der Waals surface area contributed by atoms with Gasteiger partial charge in [0.25, 0.3) is 0 Å². The molecule has 0 aromatic rings. The Bertz CT molecular complexity index is 341. The molecule has 1 rings (SSSR count). The van der Waals surface area contributed by atoms with Crippen molar-refractivity contribution in [3.63, 3.8) is 0 Å². The van der Waals surface area contributed by atoms with Crippen LogP contribution in [0.2, 0.25) is 0 Å². The average molecular weight is 273 g/mol. The zero-order valence-corrected chi connectivity index (χ0v) is 10.6. The van der Waals surface area contributed by atoms with Gasteiger partial charge < -0.3 is 26.2 Å². The molecule has 108 valence electrons. The standard InChI is InChI=1S/C11H19N3O5/c12-9(15)5-8(11(17)18)14-10(16)6-19-7-1-3-13-4-2-7/h7-8,13H,1-6H2,(H2,12,15)(H,14,16)(H,17,18)/t8-/m1/s1. The van der Waals surface area contributed by atoms with Crippen LogP contribution in [0.5, 0.6) is 0 Å². The van der Waals surface area contributed by atoms with Gasteiger partial charge in [0.05, 0.1) is 12.5 Å². The lowest BCUT2D eigenvalue weighted by Crippen LogP contribution is -2.45. The van der Waals surface area contributed by atoms with Crippen LogP contribution in [0.4, 0.5) is 0 Å². The summed E-state index contributed by atoms with van der Waals surface area (Å²) < 4.78 is 5.37. The first-order chi connectivity index (χ1) is 8.99. The minimum atomic E-state index is -1.30. The van der Waals surface area contributed by atoms with E-state index in [1.54, 1.807) is 0 Å². The van der Waals surface area contributed by atoms with E-state index in [-0.39, 0.29) is 12.7 Å². The molecule has 2 amide bonds. The molecular formula is C11H19N3O5. The van der Waals surface area contributed by atoms with Gasteiger partial charge in [0.15, 0.2) is 0 Å². The normalized spacial score (nSPS) is 17.7. The van der Waals surface area contributed by atoms with Gasteiger partial charge >= 0.3 is 5.97 Å². The number of hydrogen-bond acceptors (Lipinski definition) is 5. The van der Waals surface area contributed by atoms with Crippen LogP contribution in [0.15, 0.2) is 0 Å². The topological polar surface area (TPSA) is 131 Å². The van der Waals surface area contributed by atoms with Crippen molar-refractivity contribution in [1.82, 2.24) is 10.6 Å². The maximum absolute atomic E-state index is 11.5. The van der Waals surface area contributed by atoms with Crippen molar-refractivity contribution in [3.8, 4) is 0 Å². The molecule has 0 bridgehead atoms. The molecule has 1 aliphatic heterocycles. The second kappa shape index (κ2) is 7.70. The van der Waals surface area contributed by atoms with Gasteiger partial charge in [0.2, 0.25) is 11.8 Å². The van der Waals surface area contributed by atoms with Crippen molar-refractivity contribution < 1.29 is 24.2 Å². The number of hydrogen-bond donors (Lipinski definition) is 4. The number of nitrogens with two attached hydrogens (primary N) is 1. The molecule has 1 aliphatic rings. The summed E-state index contributed by atoms with van der Waals surface area (Å²) in [7, 11) is 0. The lowest BCUT2D eigenvalue weighted by atomic mass is 10.1. The van der Waals surface area contributed by atoms with Crippen molar-refractivity contribution in [2.45, 2.75) is 31.4 Å². The Kier molecular flexibility index (Phi) is 6.23. The largest absolute Gasteiger partial charge is 0.480 e. The van der Waals surface area contributed by atoms with Crippen LogP contribution in [0.3, 0.4) is 0 Å². The third-order valence-corrected chi connectivity index (χ3v) is 2.77. The number of nitrogens with one attached hydrogen (secondary N) is 2. The molecule has 1 saturated heterocycles. The van der Waals surface area contributed by atoms with E-state index in [1.165, 1.54) is 0 Å². The SMILES string of the molecule is NC(=O)C[C@@H](NC(=O)COC1CCNCC1)C(=O)O. The van der Waals surface area contributed by atoms with Crippen molar-refractivity contribution >= 4 is 17.8 Å². The summed E-state index contributed by atoms with van der Waals surface area (Å²) in [5.74, 6) is -2.65. The monoisotopic (exact) mass is 273 g/mol. The molecule has 1 fully saturated rings. The summed E-state index contributed by atoms with van der Waals surface area (Å²) >= 11 is 0. The first-order valence-electron chi connectivity index (χ1n) is 6.12. The van der Waals surface area contributed by atoms with Crippen LogP contribution in [0, 0.1) is 0 Å². The summed E-state index contributed by atoms with van der Waals surface area (Å²) in [6.07, 6.45) is 1.20. The average Bonchev–Trinajstić information content (AvgIpc) is 2.36. The Balaban J connectivity index is 2.31. The van der Waals surface area contributed by atoms with E-state index in [9.17, 15) is 14.4 Å². The number of carbonyl (C=O) groups excluding carboxylic acids is 2. The summed E-state index contributed by atoms with van der Waals surface area (Å²) in [6.45, 7) is 1.46. The number of aliphatic carboxylic acids is 1. The molecule has 5 N–H and O–H groups in total. The fourth-order valence-electron chi connectivity index (χ4n) is 1.79. The highest BCUT2D eigenvalue weighted by molar-refractivity contribution is 5.88. The maximum Gasteiger partial charge on any atom is 0.326 e. The van der Waals surface area contributed by atoms with Crippen LogP contribution in [-0.2, 0) is 19.1 Å². The molecule has 8 nitrogen and oxygen atoms in total. The number of amides is 2. The van der Waals surface area contributed by atoms with Gasteiger partial charge in [-0.15, -0.1) is 0 Å². The molecule has 0 spiro atoms. The highest BCUT2D eigenvalue weighted by Gasteiger charge is 2.23. The minimum Gasteiger partial charge on any atom is -0.480 e. The third-order valence-electron chi connectivity index (χ3n) is 2.77. The van der Waals surface area contributed by atoms with Crippen LogP contribution in [0.1, 0.15) is 19.3 Å². The summed E-state index contributed by atoms with van der Waals surface area (Å²) in [5.41, 5.74) is 4.91. The molecule has 1 heterocycles. The van der Waals surface area contributed by atoms with E-state index in [0.717, 1.165) is 25.9 Å². The molecule has 19 heavy (non-hydrogen) atoms. The summed E-state index contributed by atoms with van der Waals surface area (Å²) in [5, 5.41) is 14.2. The Morgan fingerprint density at radius 1 is 1.37 bits per heavy atom. The Labute approximate surface area is 110 Å². The lowest BCUT2D eigenvalue weighted by molar-refractivity contribution is -0.144. The van der Waals surface area contributed by atoms with Crippen molar-refractivity contribution in [2.75, 3.05) is 19.7 Å². The van der Waals surface area contributed by atoms with Gasteiger partial charge in [-0.25, -0.2) is 4.79 Å². The molecule has 0 aliphatic carbocycles. The van der Waals surface area contributed by atoms with Gasteiger partial charge in [-0.05, 0) is 25.9 Å². The highest BCUT2D eigenvalue weighted by Crippen LogP contribution is 2.06. The number of carboxylic acids is 1. The van der Waals surface area contributed by atoms with E-state index in [4.69, 9.17) is 15.6 Å². The maximum atomic E-state index is 11.5. The third kappa shape index (κ3) is 6.16. The summed E-state index contributed by atoms with van der Waals surface area (Å²) in [6, 6.07) is -1.30. The summed E-state index contributed by atoms with van der Waals surface area (Å²) in [4.78, 5) is 33.0. The Morgan fingerprint density at radius 2 is 2.00 bits per heavy atom. The number of carboxylic acid groups (broad SMARTS) is 1. The fraction of sp³-hybridized carbons (Fsp3) is 0.727. The van der Waals surface area contributed by atoms with E-state index in [0.29, 0.717) is 0 Å². The second-order valence-electron chi connectivity index (χ2n) is 4.39. The molecular weight excluding hydrogens is 254 g/mol. The first-order valence-corrected chi connectivity index (χ1v) is 6.12. The second-order valence-corrected chi connectivity index (χ2v) is 4.39. The number of carbonyl (C=O) groups is 3. The van der Waals surface area contributed by atoms with E-state index in [2.05, 4.69) is 10.6 Å². The highest BCUT2D eigenvalue weighted by atomic mass is 16.5. The van der Waals surface area contributed by atoms with E-state index in [1.807, 2.05) is 0 Å². The number of rotatable bonds is 7. The lowest BCUT2D eigenvalue weighted by Gasteiger charge is -2.23. The number of piperidine rings is 1. The first kappa shape index (κ1) is 15.4. The minimum absolute atomic E-state index is 0.00594. The molecule has 8 heteroatoms. The van der Waals surface area contributed by atoms with Gasteiger partial charge in [0.1, 0.15) is 12.6 Å². The van der Waals surface area contributed by atoms with Crippen LogP contribution in [0.25, 0.3) is 0 Å². The van der Waals surface area contributed by atoms with Crippen LogP contribution >= 0.6 is 0 Å². The molecule has 0 radical (unpaired) electrons. The number of ether oxygens (including phenoxy) is 1. The van der Waals surface area contributed by atoms with Gasteiger partial charge in [-0.3, -0.25) is 9.59 Å². The zero-order valence-electron chi connectivity index (χ0n) is 10.6. The van der Waals surface area contributed by atoms with Crippen LogP contribution < -0.4 is 16.4 Å². The molecule has 0 unspecified atom stereocenters. The number of primary amides is 1. The molecule has 1 atom stereocenters. The van der Waals surface area contributed by atoms with Gasteiger partial charge in [0, 0.05) is 0 Å². The van der Waals surface area contributed by atoms with E-state index >= 15 is 0 Å². The zero-order chi connectivity index (χ0) is 14.3. The van der Waals surface area contributed by atoms with Crippen molar-refractivity contribution in [2.24, 2.45) is 5.73 Å². The van der Waals surface area contributed by atoms with Gasteiger partial charge in [-0.2, -0.15) is 0 Å². The molecule has 0 aromatic carbocycles. The molecule has 0 saturated carbocycles. The smallest absolute Gasteiger partial charge is 0.326 e. The predicted octanol–water partition coefficient (Wildman–Crippen LogP) is -1.80. The van der Waals surface area contributed by atoms with E-state index < -0.39 is 30.2 Å². The van der Waals surface area contributed by atoms with Crippen molar-refractivity contribution in [3.05, 3.63) is 0 Å². The van der Waals surface area contributed by atoms with Gasteiger partial charge in [-0.1, -0.05) is 0 Å². The Hall–Kier alpha value is -1.67. The Morgan fingerprint density at radius 3 is 2.53 bits per heavy atom. The molecule has 0 aromatic heterocycles. The van der Waals surface area contributed by atoms with Crippen molar-refractivity contribution in [1.29, 1.82) is 0 Å².